The molecule has 0 aliphatic heterocycles. The third-order valence-electron chi connectivity index (χ3n) is 6.52. The van der Waals surface area contributed by atoms with E-state index in [4.69, 9.17) is 5.11 Å². The third-order valence-corrected chi connectivity index (χ3v) is 7.18. The Kier molecular flexibility index (Phi) is 5.62. The Morgan fingerprint density at radius 2 is 1.17 bits per heavy atom. The smallest absolute Gasteiger partial charge is 0.0431 e. The van der Waals surface area contributed by atoms with Crippen molar-refractivity contribution in [2.75, 3.05) is 6.61 Å². The van der Waals surface area contributed by atoms with Gasteiger partial charge in [-0.2, -0.15) is 0 Å². The fourth-order valence-electron chi connectivity index (χ4n) is 5.11. The Bertz CT molecular complexity index is 1320. The Balaban J connectivity index is 1.63. The summed E-state index contributed by atoms with van der Waals surface area (Å²) in [5.74, 6) is 0. The lowest BCUT2D eigenvalue weighted by atomic mass is 9.86. The Hall–Kier alpha value is -2.16. The van der Waals surface area contributed by atoms with Gasteiger partial charge < -0.3 is 5.11 Å². The molecule has 1 N–H and O–H groups in total. The van der Waals surface area contributed by atoms with Gasteiger partial charge in [-0.05, 0) is 68.6 Å². The van der Waals surface area contributed by atoms with Crippen molar-refractivity contribution >= 4 is 59.0 Å². The predicted molar refractivity (Wildman–Crippen MR) is 134 cm³/mol. The highest BCUT2D eigenvalue weighted by Crippen LogP contribution is 2.44. The minimum atomic E-state index is 0.325. The molecule has 152 valence electrons. The molecule has 0 aromatic heterocycles. The molecule has 0 bridgehead atoms. The van der Waals surface area contributed by atoms with Gasteiger partial charge in [0.15, 0.2) is 0 Å². The van der Waals surface area contributed by atoms with Gasteiger partial charge in [0.05, 0.1) is 0 Å². The molecule has 1 nitrogen and oxygen atoms in total. The summed E-state index contributed by atoms with van der Waals surface area (Å²) in [5, 5.41) is 19.9. The zero-order valence-corrected chi connectivity index (χ0v) is 18.8. The maximum atomic E-state index is 8.94. The van der Waals surface area contributed by atoms with Crippen molar-refractivity contribution in [3.8, 4) is 0 Å². The number of rotatable bonds is 8. The first-order chi connectivity index (χ1) is 14.8. The largest absolute Gasteiger partial charge is 0.396 e. The highest BCUT2D eigenvalue weighted by Gasteiger charge is 2.16. The van der Waals surface area contributed by atoms with E-state index in [1.54, 1.807) is 0 Å². The molecule has 30 heavy (non-hydrogen) atoms. The van der Waals surface area contributed by atoms with Gasteiger partial charge >= 0.3 is 0 Å². The molecule has 0 atom stereocenters. The first kappa shape index (κ1) is 19.8. The van der Waals surface area contributed by atoms with Gasteiger partial charge in [-0.15, -0.1) is 0 Å². The van der Waals surface area contributed by atoms with Crippen LogP contribution in [-0.2, 0) is 6.42 Å². The molecule has 2 heteroatoms. The van der Waals surface area contributed by atoms with Crippen LogP contribution in [-0.4, -0.2) is 11.7 Å². The van der Waals surface area contributed by atoms with Crippen LogP contribution >= 0.6 is 15.9 Å². The molecule has 0 aliphatic carbocycles. The second-order valence-corrected chi connectivity index (χ2v) is 9.28. The van der Waals surface area contributed by atoms with Crippen molar-refractivity contribution in [2.45, 2.75) is 44.9 Å². The van der Waals surface area contributed by atoms with Gasteiger partial charge in [-0.3, -0.25) is 0 Å². The zero-order chi connectivity index (χ0) is 20.5. The molecule has 0 aliphatic rings. The molecule has 5 aromatic carbocycles. The maximum absolute atomic E-state index is 8.94. The summed E-state index contributed by atoms with van der Waals surface area (Å²) in [5.41, 5.74) is 1.48. The van der Waals surface area contributed by atoms with Gasteiger partial charge in [0.2, 0.25) is 0 Å². The molecule has 0 amide bonds. The van der Waals surface area contributed by atoms with Crippen LogP contribution in [0.5, 0.6) is 0 Å². The lowest BCUT2D eigenvalue weighted by Gasteiger charge is -2.18. The molecule has 0 spiro atoms. The molecule has 0 saturated carbocycles. The summed E-state index contributed by atoms with van der Waals surface area (Å²) in [6.45, 7) is 0.325. The molecule has 0 saturated heterocycles. The standard InChI is InChI=1S/C28H27BrO/c29-24-17-16-21-11-7-12-22-25-19(9-5-3-1-2-4-6-18-30)14-15-20-10-8-13-23(26(20)25)28(24)27(21)22/h7-8,10-17,30H,1-6,9,18H2. The molecular weight excluding hydrogens is 432 g/mol. The van der Waals surface area contributed by atoms with Crippen LogP contribution in [0.2, 0.25) is 0 Å². The zero-order valence-electron chi connectivity index (χ0n) is 17.3. The second kappa shape index (κ2) is 8.53. The van der Waals surface area contributed by atoms with E-state index in [2.05, 4.69) is 76.6 Å². The van der Waals surface area contributed by atoms with Crippen LogP contribution in [0.3, 0.4) is 0 Å². The van der Waals surface area contributed by atoms with E-state index in [1.165, 1.54) is 78.8 Å². The van der Waals surface area contributed by atoms with Gasteiger partial charge in [0, 0.05) is 16.5 Å². The average molecular weight is 459 g/mol. The van der Waals surface area contributed by atoms with Crippen LogP contribution in [0.15, 0.2) is 65.1 Å². The Morgan fingerprint density at radius 1 is 0.567 bits per heavy atom. The second-order valence-electron chi connectivity index (χ2n) is 8.42. The molecular formula is C28H27BrO. The number of benzene rings is 5. The molecule has 0 radical (unpaired) electrons. The lowest BCUT2D eigenvalue weighted by Crippen LogP contribution is -1.93. The summed E-state index contributed by atoms with van der Waals surface area (Å²) < 4.78 is 1.17. The van der Waals surface area contributed by atoms with Gasteiger partial charge in [-0.1, -0.05) is 96.2 Å². The molecule has 5 rings (SSSR count). The highest BCUT2D eigenvalue weighted by atomic mass is 79.9. The first-order valence-electron chi connectivity index (χ1n) is 11.2. The van der Waals surface area contributed by atoms with E-state index in [0.29, 0.717) is 6.61 Å². The Labute approximate surface area is 186 Å². The van der Waals surface area contributed by atoms with Crippen molar-refractivity contribution in [3.05, 3.63) is 70.7 Å². The van der Waals surface area contributed by atoms with Crippen LogP contribution in [0.1, 0.15) is 44.1 Å². The number of fused-ring (bicyclic) bond motifs is 2. The van der Waals surface area contributed by atoms with E-state index >= 15 is 0 Å². The summed E-state index contributed by atoms with van der Waals surface area (Å²) >= 11 is 3.84. The van der Waals surface area contributed by atoms with Gasteiger partial charge in [0.1, 0.15) is 0 Å². The number of hydrogen-bond acceptors (Lipinski definition) is 1. The fourth-order valence-corrected chi connectivity index (χ4v) is 5.65. The number of aliphatic hydroxyl groups excluding tert-OH is 1. The van der Waals surface area contributed by atoms with Crippen molar-refractivity contribution in [1.29, 1.82) is 0 Å². The summed E-state index contributed by atoms with van der Waals surface area (Å²) in [4.78, 5) is 0. The van der Waals surface area contributed by atoms with Gasteiger partial charge in [0.25, 0.3) is 0 Å². The van der Waals surface area contributed by atoms with Crippen molar-refractivity contribution < 1.29 is 5.11 Å². The monoisotopic (exact) mass is 458 g/mol. The lowest BCUT2D eigenvalue weighted by molar-refractivity contribution is 0.282. The normalized spacial score (nSPS) is 12.1. The minimum Gasteiger partial charge on any atom is -0.396 e. The molecule has 0 fully saturated rings. The average Bonchev–Trinajstić information content (AvgIpc) is 2.78. The topological polar surface area (TPSA) is 20.2 Å². The molecule has 0 heterocycles. The number of halogens is 1. The SMILES string of the molecule is OCCCCCCCCc1ccc2cccc3c4c(Br)ccc5cccc(c1c23)c54. The van der Waals surface area contributed by atoms with Crippen LogP contribution in [0, 0.1) is 0 Å². The number of aliphatic hydroxyl groups is 1. The Morgan fingerprint density at radius 3 is 1.90 bits per heavy atom. The van der Waals surface area contributed by atoms with E-state index in [1.807, 2.05) is 0 Å². The number of unbranched alkanes of at least 4 members (excludes halogenated alkanes) is 5. The van der Waals surface area contributed by atoms with Crippen molar-refractivity contribution in [1.82, 2.24) is 0 Å². The first-order valence-corrected chi connectivity index (χ1v) is 12.0. The maximum Gasteiger partial charge on any atom is 0.0431 e. The number of hydrogen-bond donors (Lipinski definition) is 1. The van der Waals surface area contributed by atoms with E-state index in [-0.39, 0.29) is 0 Å². The highest BCUT2D eigenvalue weighted by molar-refractivity contribution is 9.10. The van der Waals surface area contributed by atoms with E-state index in [9.17, 15) is 0 Å². The molecule has 5 aromatic rings. The van der Waals surface area contributed by atoms with Gasteiger partial charge in [-0.25, -0.2) is 0 Å². The quantitative estimate of drug-likeness (QED) is 0.140. The van der Waals surface area contributed by atoms with Crippen LogP contribution in [0.4, 0.5) is 0 Å². The van der Waals surface area contributed by atoms with Crippen molar-refractivity contribution in [2.24, 2.45) is 0 Å². The minimum absolute atomic E-state index is 0.325. The van der Waals surface area contributed by atoms with Crippen molar-refractivity contribution in [3.63, 3.8) is 0 Å². The predicted octanol–water partition coefficient (Wildman–Crippen LogP) is 8.38. The summed E-state index contributed by atoms with van der Waals surface area (Å²) in [6, 6.07) is 22.5. The summed E-state index contributed by atoms with van der Waals surface area (Å²) in [6.07, 6.45) is 8.19. The van der Waals surface area contributed by atoms with E-state index < -0.39 is 0 Å². The van der Waals surface area contributed by atoms with E-state index in [0.717, 1.165) is 19.3 Å². The third kappa shape index (κ3) is 3.36. The van der Waals surface area contributed by atoms with Crippen LogP contribution < -0.4 is 0 Å². The molecule has 0 unspecified atom stereocenters. The summed E-state index contributed by atoms with van der Waals surface area (Å²) in [7, 11) is 0. The fraction of sp³-hybridized carbons (Fsp3) is 0.286. The van der Waals surface area contributed by atoms with Crippen LogP contribution in [0.25, 0.3) is 43.1 Å². The number of aryl methyl sites for hydroxylation is 1.